The number of methoxy groups -OCH3 is 2. The van der Waals surface area contributed by atoms with Crippen LogP contribution in [0.4, 0.5) is 0 Å². The molecule has 1 saturated heterocycles. The van der Waals surface area contributed by atoms with Gasteiger partial charge in [0.2, 0.25) is 0 Å². The van der Waals surface area contributed by atoms with Crippen molar-refractivity contribution in [2.45, 2.75) is 30.7 Å². The molecule has 0 spiro atoms. The van der Waals surface area contributed by atoms with E-state index in [1.807, 2.05) is 12.1 Å². The van der Waals surface area contributed by atoms with Crippen LogP contribution in [-0.4, -0.2) is 49.4 Å². The number of ketones is 1. The lowest BCUT2D eigenvalue weighted by atomic mass is 9.53. The number of benzene rings is 1. The van der Waals surface area contributed by atoms with Crippen LogP contribution in [0.2, 0.25) is 0 Å². The van der Waals surface area contributed by atoms with Crippen molar-refractivity contribution in [3.05, 3.63) is 40.3 Å². The Bertz CT molecular complexity index is 784. The summed E-state index contributed by atoms with van der Waals surface area (Å²) in [6, 6.07) is 3.47. The number of rotatable bonds is 2. The first kappa shape index (κ1) is 16.4. The monoisotopic (exact) mass is 345 g/mol. The standard InChI is InChI=1S/C19H23NO5/c1-20(23)7-6-19-10-14(21)16(25-3)9-12(19)13(20)8-11-4-5-15(24-2)18(22)17(11)19/h4-5,9,12-13,22H,6-8,10H2,1-3H3/t12-,13+,19-,20+/m1/s1. The van der Waals surface area contributed by atoms with E-state index in [2.05, 4.69) is 0 Å². The first-order valence-corrected chi connectivity index (χ1v) is 8.58. The number of ether oxygens (including phenoxy) is 2. The minimum atomic E-state index is -0.557. The molecule has 4 rings (SSSR count). The van der Waals surface area contributed by atoms with Crippen LogP contribution in [0.15, 0.2) is 24.0 Å². The molecule has 0 amide bonds. The van der Waals surface area contributed by atoms with Gasteiger partial charge in [0.1, 0.15) is 0 Å². The summed E-state index contributed by atoms with van der Waals surface area (Å²) in [5, 5.41) is 24.0. The van der Waals surface area contributed by atoms with E-state index in [4.69, 9.17) is 9.47 Å². The predicted molar refractivity (Wildman–Crippen MR) is 91.1 cm³/mol. The van der Waals surface area contributed by atoms with Gasteiger partial charge in [-0.15, -0.1) is 0 Å². The Hall–Kier alpha value is -2.05. The van der Waals surface area contributed by atoms with E-state index in [0.29, 0.717) is 30.9 Å². The third-order valence-electron chi connectivity index (χ3n) is 6.43. The largest absolute Gasteiger partial charge is 0.633 e. The molecule has 1 fully saturated rings. The van der Waals surface area contributed by atoms with Crippen molar-refractivity contribution in [2.75, 3.05) is 27.8 Å². The lowest BCUT2D eigenvalue weighted by molar-refractivity contribution is -0.898. The summed E-state index contributed by atoms with van der Waals surface area (Å²) in [6.45, 7) is 0.431. The molecule has 6 nitrogen and oxygen atoms in total. The molecule has 0 saturated carbocycles. The number of phenols is 1. The number of carbonyl (C=O) groups excluding carboxylic acids is 1. The van der Waals surface area contributed by atoms with Crippen LogP contribution in [0, 0.1) is 11.1 Å². The van der Waals surface area contributed by atoms with Gasteiger partial charge in [-0.1, -0.05) is 6.07 Å². The SMILES string of the molecule is COC1=C[C@@H]2[C@@H]3Cc4ccc(OC)c(O)c4[C@]2(CC[N@+]3(C)[O-])CC1=O. The molecule has 1 heterocycles. The number of hydroxylamine groups is 3. The van der Waals surface area contributed by atoms with Crippen LogP contribution in [-0.2, 0) is 21.4 Å². The number of aromatic hydroxyl groups is 1. The highest BCUT2D eigenvalue weighted by Gasteiger charge is 2.60. The maximum absolute atomic E-state index is 13.1. The first-order valence-electron chi connectivity index (χ1n) is 8.58. The zero-order valence-corrected chi connectivity index (χ0v) is 14.7. The third-order valence-corrected chi connectivity index (χ3v) is 6.43. The van der Waals surface area contributed by atoms with Crippen molar-refractivity contribution in [2.24, 2.45) is 5.92 Å². The quantitative estimate of drug-likeness (QED) is 0.655. The number of allylic oxidation sites excluding steroid dienone is 1. The Morgan fingerprint density at radius 3 is 2.76 bits per heavy atom. The molecule has 3 aliphatic rings. The summed E-state index contributed by atoms with van der Waals surface area (Å²) in [5.41, 5.74) is 1.17. The van der Waals surface area contributed by atoms with Gasteiger partial charge in [0, 0.05) is 36.2 Å². The molecular formula is C19H23NO5. The van der Waals surface area contributed by atoms with E-state index in [1.54, 1.807) is 13.1 Å². The van der Waals surface area contributed by atoms with Crippen LogP contribution in [0.25, 0.3) is 0 Å². The van der Waals surface area contributed by atoms with Crippen molar-refractivity contribution in [1.29, 1.82) is 0 Å². The smallest absolute Gasteiger partial charge is 0.197 e. The van der Waals surface area contributed by atoms with Gasteiger partial charge >= 0.3 is 0 Å². The summed E-state index contributed by atoms with van der Waals surface area (Å²) in [6.07, 6.45) is 3.20. The van der Waals surface area contributed by atoms with Gasteiger partial charge in [0.25, 0.3) is 0 Å². The lowest BCUT2D eigenvalue weighted by Gasteiger charge is -2.61. The molecule has 1 aliphatic heterocycles. The van der Waals surface area contributed by atoms with Crippen molar-refractivity contribution in [3.63, 3.8) is 0 Å². The number of carbonyl (C=O) groups is 1. The van der Waals surface area contributed by atoms with Crippen LogP contribution >= 0.6 is 0 Å². The van der Waals surface area contributed by atoms with E-state index in [1.165, 1.54) is 14.2 Å². The Kier molecular flexibility index (Phi) is 3.43. The van der Waals surface area contributed by atoms with Crippen molar-refractivity contribution >= 4 is 5.78 Å². The van der Waals surface area contributed by atoms with Crippen LogP contribution in [0.5, 0.6) is 11.5 Å². The third kappa shape index (κ3) is 2.07. The van der Waals surface area contributed by atoms with Gasteiger partial charge in [-0.05, 0) is 17.7 Å². The second-order valence-electron chi connectivity index (χ2n) is 7.59. The number of likely N-dealkylation sites (tertiary alicyclic amines) is 1. The molecular weight excluding hydrogens is 322 g/mol. The molecule has 4 atom stereocenters. The van der Waals surface area contributed by atoms with E-state index in [-0.39, 0.29) is 34.6 Å². The Morgan fingerprint density at radius 2 is 2.08 bits per heavy atom. The number of nitrogens with zero attached hydrogens (tertiary/aromatic N) is 1. The molecule has 2 aliphatic carbocycles. The van der Waals surface area contributed by atoms with Crippen molar-refractivity contribution < 1.29 is 24.0 Å². The number of likely N-dealkylation sites (N-methyl/N-ethyl adjacent to an activating group) is 1. The fourth-order valence-electron chi connectivity index (χ4n) is 5.18. The number of quaternary nitrogens is 1. The fourth-order valence-corrected chi connectivity index (χ4v) is 5.18. The summed E-state index contributed by atoms with van der Waals surface area (Å²) in [5.74, 6) is 0.631. The summed E-state index contributed by atoms with van der Waals surface area (Å²) in [7, 11) is 4.71. The zero-order valence-electron chi connectivity index (χ0n) is 14.7. The number of fused-ring (bicyclic) bond motifs is 1. The minimum Gasteiger partial charge on any atom is -0.633 e. The van der Waals surface area contributed by atoms with Gasteiger partial charge in [-0.2, -0.15) is 0 Å². The summed E-state index contributed by atoms with van der Waals surface area (Å²) < 4.78 is 10.2. The summed E-state index contributed by atoms with van der Waals surface area (Å²) in [4.78, 5) is 12.6. The van der Waals surface area contributed by atoms with Gasteiger partial charge in [0.15, 0.2) is 23.0 Å². The van der Waals surface area contributed by atoms with E-state index >= 15 is 0 Å². The number of hydrogen-bond donors (Lipinski definition) is 1. The van der Waals surface area contributed by atoms with E-state index < -0.39 is 5.41 Å². The minimum absolute atomic E-state index is 0.0745. The molecule has 0 radical (unpaired) electrons. The fraction of sp³-hybridized carbons (Fsp3) is 0.526. The molecule has 25 heavy (non-hydrogen) atoms. The Morgan fingerprint density at radius 1 is 1.32 bits per heavy atom. The second kappa shape index (κ2) is 5.22. The molecule has 0 unspecified atom stereocenters. The molecule has 6 heteroatoms. The molecule has 134 valence electrons. The Labute approximate surface area is 146 Å². The zero-order chi connectivity index (χ0) is 18.0. The lowest BCUT2D eigenvalue weighted by Crippen LogP contribution is -2.66. The second-order valence-corrected chi connectivity index (χ2v) is 7.59. The first-order chi connectivity index (χ1) is 11.8. The van der Waals surface area contributed by atoms with Gasteiger partial charge in [0.05, 0.1) is 33.9 Å². The number of Topliss-reactive ketones (excluding diaryl/α,β-unsaturated/α-hetero) is 1. The Balaban J connectivity index is 1.99. The molecule has 1 aromatic carbocycles. The van der Waals surface area contributed by atoms with Crippen molar-refractivity contribution in [1.82, 2.24) is 0 Å². The molecule has 2 bridgehead atoms. The van der Waals surface area contributed by atoms with Crippen LogP contribution < -0.4 is 4.74 Å². The van der Waals surface area contributed by atoms with Gasteiger partial charge < -0.3 is 24.4 Å². The molecule has 1 aromatic rings. The van der Waals surface area contributed by atoms with E-state index in [9.17, 15) is 15.1 Å². The average Bonchev–Trinajstić information content (AvgIpc) is 2.58. The summed E-state index contributed by atoms with van der Waals surface area (Å²) >= 11 is 0. The number of hydrogen-bond acceptors (Lipinski definition) is 5. The topological polar surface area (TPSA) is 78.8 Å². The molecule has 0 aromatic heterocycles. The number of phenolic OH excluding ortho intramolecular Hbond substituents is 1. The maximum Gasteiger partial charge on any atom is 0.197 e. The average molecular weight is 345 g/mol. The maximum atomic E-state index is 13.1. The molecule has 1 N–H and O–H groups in total. The van der Waals surface area contributed by atoms with Crippen LogP contribution in [0.1, 0.15) is 24.0 Å². The number of piperidine rings is 1. The van der Waals surface area contributed by atoms with Crippen molar-refractivity contribution in [3.8, 4) is 11.5 Å². The van der Waals surface area contributed by atoms with E-state index in [0.717, 1.165) is 11.1 Å². The highest BCUT2D eigenvalue weighted by atomic mass is 16.5. The highest BCUT2D eigenvalue weighted by molar-refractivity contribution is 5.96. The highest BCUT2D eigenvalue weighted by Crippen LogP contribution is 2.58. The van der Waals surface area contributed by atoms with Crippen LogP contribution in [0.3, 0.4) is 0 Å². The predicted octanol–water partition coefficient (Wildman–Crippen LogP) is 2.03. The normalized spacial score (nSPS) is 36.2. The van der Waals surface area contributed by atoms with Gasteiger partial charge in [-0.3, -0.25) is 4.79 Å². The van der Waals surface area contributed by atoms with Gasteiger partial charge in [-0.25, -0.2) is 0 Å².